The van der Waals surface area contributed by atoms with Crippen LogP contribution in [0.3, 0.4) is 0 Å². The van der Waals surface area contributed by atoms with Gasteiger partial charge in [0.05, 0.1) is 5.41 Å². The van der Waals surface area contributed by atoms with Crippen molar-refractivity contribution in [3.8, 4) is 0 Å². The molecule has 1 heterocycles. The third-order valence-corrected chi connectivity index (χ3v) is 3.78. The average Bonchev–Trinajstić information content (AvgIpc) is 2.77. The minimum Gasteiger partial charge on any atom is -0.359 e. The Balaban J connectivity index is 2.70. The molecular weight excluding hydrogens is 266 g/mol. The van der Waals surface area contributed by atoms with Crippen molar-refractivity contribution < 1.29 is 14.4 Å². The van der Waals surface area contributed by atoms with Crippen LogP contribution in [0.1, 0.15) is 20.3 Å². The molecule has 3 amide bonds. The Kier molecular flexibility index (Phi) is 5.22. The zero-order chi connectivity index (χ0) is 14.6. The third kappa shape index (κ3) is 3.62. The van der Waals surface area contributed by atoms with Gasteiger partial charge in [-0.1, -0.05) is 0 Å². The van der Waals surface area contributed by atoms with Crippen molar-refractivity contribution in [2.75, 3.05) is 25.9 Å². The molecule has 1 fully saturated rings. The van der Waals surface area contributed by atoms with Crippen molar-refractivity contribution in [2.45, 2.75) is 26.3 Å². The lowest BCUT2D eigenvalue weighted by molar-refractivity contribution is -0.135. The summed E-state index contributed by atoms with van der Waals surface area (Å²) in [5.74, 6) is -0.269. The minimum absolute atomic E-state index is 0.0650. The van der Waals surface area contributed by atoms with Gasteiger partial charge in [0, 0.05) is 32.8 Å². The molecule has 0 bridgehead atoms. The number of amides is 3. The molecule has 1 rings (SSSR count). The van der Waals surface area contributed by atoms with Gasteiger partial charge in [0.15, 0.2) is 0 Å². The van der Waals surface area contributed by atoms with E-state index in [0.717, 1.165) is 0 Å². The van der Waals surface area contributed by atoms with Gasteiger partial charge >= 0.3 is 0 Å². The Labute approximate surface area is 118 Å². The van der Waals surface area contributed by atoms with Gasteiger partial charge in [0.1, 0.15) is 6.04 Å². The monoisotopic (exact) mass is 287 g/mol. The predicted octanol–water partition coefficient (Wildman–Crippen LogP) is -0.594. The van der Waals surface area contributed by atoms with E-state index in [1.54, 1.807) is 11.9 Å². The molecule has 2 unspecified atom stereocenters. The Morgan fingerprint density at radius 1 is 1.42 bits per heavy atom. The van der Waals surface area contributed by atoms with Crippen LogP contribution in [0.5, 0.6) is 0 Å². The maximum absolute atomic E-state index is 12.2. The number of thiol groups is 1. The number of hydrogen-bond donors (Lipinski definition) is 3. The number of nitrogens with zero attached hydrogens (tertiary/aromatic N) is 1. The molecule has 0 aromatic heterocycles. The Bertz CT molecular complexity index is 388. The summed E-state index contributed by atoms with van der Waals surface area (Å²) in [6, 6.07) is -0.632. The quantitative estimate of drug-likeness (QED) is 0.605. The molecule has 7 heteroatoms. The van der Waals surface area contributed by atoms with Crippen molar-refractivity contribution >= 4 is 30.4 Å². The van der Waals surface area contributed by atoms with E-state index in [-0.39, 0.29) is 23.5 Å². The van der Waals surface area contributed by atoms with Crippen molar-refractivity contribution in [3.63, 3.8) is 0 Å². The molecule has 0 saturated carbocycles. The van der Waals surface area contributed by atoms with E-state index >= 15 is 0 Å². The SMILES string of the molecule is CNC(=O)C1(C)CCN(C(=O)C(CS)NC(C)=O)C1. The summed E-state index contributed by atoms with van der Waals surface area (Å²) in [6.45, 7) is 4.09. The number of nitrogens with one attached hydrogen (secondary N) is 2. The zero-order valence-corrected chi connectivity index (χ0v) is 12.4. The molecule has 2 N–H and O–H groups in total. The lowest BCUT2D eigenvalue weighted by Crippen LogP contribution is -2.49. The summed E-state index contributed by atoms with van der Waals surface area (Å²) in [6.07, 6.45) is 0.623. The van der Waals surface area contributed by atoms with Gasteiger partial charge in [0.2, 0.25) is 17.7 Å². The van der Waals surface area contributed by atoms with Crippen LogP contribution >= 0.6 is 12.6 Å². The van der Waals surface area contributed by atoms with E-state index in [9.17, 15) is 14.4 Å². The van der Waals surface area contributed by atoms with Crippen molar-refractivity contribution in [1.29, 1.82) is 0 Å². The number of likely N-dealkylation sites (tertiary alicyclic amines) is 1. The second-order valence-corrected chi connectivity index (χ2v) is 5.45. The maximum atomic E-state index is 12.2. The molecule has 1 aliphatic heterocycles. The molecule has 0 aliphatic carbocycles. The van der Waals surface area contributed by atoms with E-state index in [1.165, 1.54) is 6.92 Å². The zero-order valence-electron chi connectivity index (χ0n) is 11.5. The largest absolute Gasteiger partial charge is 0.359 e. The second kappa shape index (κ2) is 6.27. The fourth-order valence-corrected chi connectivity index (χ4v) is 2.53. The highest BCUT2D eigenvalue weighted by molar-refractivity contribution is 7.80. The van der Waals surface area contributed by atoms with Crippen LogP contribution in [0.15, 0.2) is 0 Å². The lowest BCUT2D eigenvalue weighted by Gasteiger charge is -2.25. The van der Waals surface area contributed by atoms with Crippen molar-refractivity contribution in [3.05, 3.63) is 0 Å². The summed E-state index contributed by atoms with van der Waals surface area (Å²) in [4.78, 5) is 36.7. The molecule has 108 valence electrons. The number of rotatable bonds is 4. The van der Waals surface area contributed by atoms with Gasteiger partial charge in [-0.2, -0.15) is 12.6 Å². The van der Waals surface area contributed by atoms with Gasteiger partial charge in [0.25, 0.3) is 0 Å². The Morgan fingerprint density at radius 2 is 2.05 bits per heavy atom. The molecular formula is C12H21N3O3S. The molecule has 6 nitrogen and oxygen atoms in total. The molecule has 2 atom stereocenters. The van der Waals surface area contributed by atoms with Crippen molar-refractivity contribution in [1.82, 2.24) is 15.5 Å². The van der Waals surface area contributed by atoms with E-state index in [2.05, 4.69) is 23.3 Å². The van der Waals surface area contributed by atoms with Gasteiger partial charge in [-0.25, -0.2) is 0 Å². The first-order valence-corrected chi connectivity index (χ1v) is 6.86. The van der Waals surface area contributed by atoms with Crippen molar-refractivity contribution in [2.24, 2.45) is 5.41 Å². The van der Waals surface area contributed by atoms with Gasteiger partial charge in [-0.15, -0.1) is 0 Å². The number of carbonyl (C=O) groups is 3. The third-order valence-electron chi connectivity index (χ3n) is 3.42. The highest BCUT2D eigenvalue weighted by atomic mass is 32.1. The summed E-state index contributed by atoms with van der Waals surface area (Å²) in [5.41, 5.74) is -0.554. The van der Waals surface area contributed by atoms with Crippen LogP contribution in [-0.2, 0) is 14.4 Å². The van der Waals surface area contributed by atoms with Gasteiger partial charge < -0.3 is 15.5 Å². The first-order chi connectivity index (χ1) is 8.84. The van der Waals surface area contributed by atoms with E-state index < -0.39 is 11.5 Å². The first-order valence-electron chi connectivity index (χ1n) is 6.23. The summed E-state index contributed by atoms with van der Waals surface area (Å²) >= 11 is 4.08. The van der Waals surface area contributed by atoms with Crippen LogP contribution in [0.25, 0.3) is 0 Å². The summed E-state index contributed by atoms with van der Waals surface area (Å²) in [5, 5.41) is 5.19. The Hall–Kier alpha value is -1.24. The maximum Gasteiger partial charge on any atom is 0.246 e. The van der Waals surface area contributed by atoms with Crippen LogP contribution in [0.2, 0.25) is 0 Å². The summed E-state index contributed by atoms with van der Waals surface area (Å²) in [7, 11) is 1.59. The van der Waals surface area contributed by atoms with E-state index in [0.29, 0.717) is 19.5 Å². The normalized spacial score (nSPS) is 23.9. The Morgan fingerprint density at radius 3 is 2.53 bits per heavy atom. The molecule has 19 heavy (non-hydrogen) atoms. The highest BCUT2D eigenvalue weighted by Crippen LogP contribution is 2.30. The molecule has 0 aromatic rings. The van der Waals surface area contributed by atoms with Gasteiger partial charge in [-0.3, -0.25) is 14.4 Å². The van der Waals surface area contributed by atoms with Crippen LogP contribution < -0.4 is 10.6 Å². The van der Waals surface area contributed by atoms with Crippen LogP contribution in [0.4, 0.5) is 0 Å². The average molecular weight is 287 g/mol. The van der Waals surface area contributed by atoms with Crippen LogP contribution in [0, 0.1) is 5.41 Å². The predicted molar refractivity (Wildman–Crippen MR) is 74.8 cm³/mol. The van der Waals surface area contributed by atoms with E-state index in [1.807, 2.05) is 6.92 Å². The standard InChI is InChI=1S/C12H21N3O3S/c1-8(16)14-9(6-19)10(17)15-5-4-12(2,7-15)11(18)13-3/h9,19H,4-7H2,1-3H3,(H,13,18)(H,14,16). The highest BCUT2D eigenvalue weighted by Gasteiger charge is 2.42. The number of hydrogen-bond acceptors (Lipinski definition) is 4. The second-order valence-electron chi connectivity index (χ2n) is 5.09. The fourth-order valence-electron chi connectivity index (χ4n) is 2.29. The lowest BCUT2D eigenvalue weighted by atomic mass is 9.89. The fraction of sp³-hybridized carbons (Fsp3) is 0.750. The topological polar surface area (TPSA) is 78.5 Å². The first kappa shape index (κ1) is 15.8. The minimum atomic E-state index is -0.632. The number of carbonyl (C=O) groups excluding carboxylic acids is 3. The summed E-state index contributed by atoms with van der Waals surface area (Å²) < 4.78 is 0. The smallest absolute Gasteiger partial charge is 0.246 e. The molecule has 0 spiro atoms. The van der Waals surface area contributed by atoms with Crippen LogP contribution in [-0.4, -0.2) is 54.6 Å². The van der Waals surface area contributed by atoms with E-state index in [4.69, 9.17) is 0 Å². The molecule has 0 radical (unpaired) electrons. The molecule has 1 aliphatic rings. The molecule has 1 saturated heterocycles. The molecule has 0 aromatic carbocycles. The van der Waals surface area contributed by atoms with Gasteiger partial charge in [-0.05, 0) is 13.3 Å².